The number of carbonyl (C=O) groups is 1. The summed E-state index contributed by atoms with van der Waals surface area (Å²) >= 11 is 0. The van der Waals surface area contributed by atoms with Gasteiger partial charge in [0, 0.05) is 30.9 Å². The quantitative estimate of drug-likeness (QED) is 0.847. The molecule has 0 unspecified atom stereocenters. The fraction of sp³-hybridized carbons (Fsp3) is 0.533. The van der Waals surface area contributed by atoms with Crippen molar-refractivity contribution in [1.82, 2.24) is 5.32 Å². The standard InChI is InChI=1S/C15H22N2O2/c1-4-19-14(18)12-5-7-13(8-6-12)17-10-9-16-15(2,3)11-17/h5-8,16H,4,9-11H2,1-3H3. The van der Waals surface area contributed by atoms with Gasteiger partial charge in [-0.25, -0.2) is 4.79 Å². The van der Waals surface area contributed by atoms with Gasteiger partial charge in [0.25, 0.3) is 0 Å². The summed E-state index contributed by atoms with van der Waals surface area (Å²) < 4.78 is 4.98. The number of rotatable bonds is 3. The lowest BCUT2D eigenvalue weighted by molar-refractivity contribution is 0.0526. The maximum absolute atomic E-state index is 11.6. The lowest BCUT2D eigenvalue weighted by Crippen LogP contribution is -2.57. The van der Waals surface area contributed by atoms with Gasteiger partial charge < -0.3 is 15.0 Å². The number of carbonyl (C=O) groups excluding carboxylic acids is 1. The number of hydrogen-bond acceptors (Lipinski definition) is 4. The molecule has 1 aliphatic rings. The van der Waals surface area contributed by atoms with Crippen LogP contribution in [0.15, 0.2) is 24.3 Å². The molecule has 104 valence electrons. The molecule has 0 bridgehead atoms. The van der Waals surface area contributed by atoms with Crippen molar-refractivity contribution in [1.29, 1.82) is 0 Å². The summed E-state index contributed by atoms with van der Waals surface area (Å²) in [6.45, 7) is 9.56. The third-order valence-electron chi connectivity index (χ3n) is 3.32. The summed E-state index contributed by atoms with van der Waals surface area (Å²) in [4.78, 5) is 13.9. The van der Waals surface area contributed by atoms with E-state index in [1.807, 2.05) is 31.2 Å². The molecule has 1 N–H and O–H groups in total. The van der Waals surface area contributed by atoms with E-state index >= 15 is 0 Å². The number of anilines is 1. The monoisotopic (exact) mass is 262 g/mol. The van der Waals surface area contributed by atoms with Gasteiger partial charge in [-0.2, -0.15) is 0 Å². The molecule has 19 heavy (non-hydrogen) atoms. The molecule has 1 aliphatic heterocycles. The van der Waals surface area contributed by atoms with Crippen LogP contribution < -0.4 is 10.2 Å². The molecule has 0 aliphatic carbocycles. The Balaban J connectivity index is 2.08. The van der Waals surface area contributed by atoms with Crippen LogP contribution in [0.25, 0.3) is 0 Å². The average molecular weight is 262 g/mol. The van der Waals surface area contributed by atoms with E-state index in [1.165, 1.54) is 0 Å². The zero-order chi connectivity index (χ0) is 13.9. The van der Waals surface area contributed by atoms with E-state index in [0.29, 0.717) is 12.2 Å². The summed E-state index contributed by atoms with van der Waals surface area (Å²) in [6, 6.07) is 7.66. The van der Waals surface area contributed by atoms with Crippen molar-refractivity contribution in [2.75, 3.05) is 31.1 Å². The highest BCUT2D eigenvalue weighted by atomic mass is 16.5. The van der Waals surface area contributed by atoms with Crippen LogP contribution in [0.5, 0.6) is 0 Å². The molecule has 0 saturated carbocycles. The molecule has 1 aromatic carbocycles. The zero-order valence-electron chi connectivity index (χ0n) is 11.9. The Bertz CT molecular complexity index is 440. The highest BCUT2D eigenvalue weighted by Gasteiger charge is 2.25. The normalized spacial score (nSPS) is 18.2. The molecule has 0 amide bonds. The molecule has 2 rings (SSSR count). The summed E-state index contributed by atoms with van der Waals surface area (Å²) in [5.41, 5.74) is 1.89. The summed E-state index contributed by atoms with van der Waals surface area (Å²) in [5, 5.41) is 3.49. The number of nitrogens with zero attached hydrogens (tertiary/aromatic N) is 1. The predicted molar refractivity (Wildman–Crippen MR) is 76.7 cm³/mol. The van der Waals surface area contributed by atoms with Crippen LogP contribution in [-0.4, -0.2) is 37.7 Å². The molecule has 4 heteroatoms. The molecular formula is C15H22N2O2. The van der Waals surface area contributed by atoms with Gasteiger partial charge in [0.15, 0.2) is 0 Å². The molecule has 1 aromatic rings. The average Bonchev–Trinajstić information content (AvgIpc) is 2.38. The van der Waals surface area contributed by atoms with Crippen molar-refractivity contribution in [2.24, 2.45) is 0 Å². The third-order valence-corrected chi connectivity index (χ3v) is 3.32. The minimum atomic E-state index is -0.255. The minimum absolute atomic E-state index is 0.123. The minimum Gasteiger partial charge on any atom is -0.462 e. The first-order chi connectivity index (χ1) is 9.02. The van der Waals surface area contributed by atoms with Crippen molar-refractivity contribution < 1.29 is 9.53 Å². The van der Waals surface area contributed by atoms with Crippen LogP contribution in [0, 0.1) is 0 Å². The van der Waals surface area contributed by atoms with Gasteiger partial charge in [0.1, 0.15) is 0 Å². The van der Waals surface area contributed by atoms with E-state index in [-0.39, 0.29) is 11.5 Å². The number of benzene rings is 1. The van der Waals surface area contributed by atoms with Crippen molar-refractivity contribution in [2.45, 2.75) is 26.3 Å². The summed E-state index contributed by atoms with van der Waals surface area (Å²) in [6.07, 6.45) is 0. The van der Waals surface area contributed by atoms with Crippen LogP contribution in [0.3, 0.4) is 0 Å². The number of nitrogens with one attached hydrogen (secondary N) is 1. The van der Waals surface area contributed by atoms with Crippen molar-refractivity contribution in [3.05, 3.63) is 29.8 Å². The predicted octanol–water partition coefficient (Wildman–Crippen LogP) is 2.05. The molecule has 0 radical (unpaired) electrons. The molecule has 1 saturated heterocycles. The topological polar surface area (TPSA) is 41.6 Å². The Morgan fingerprint density at radius 1 is 1.37 bits per heavy atom. The molecule has 1 heterocycles. The second-order valence-electron chi connectivity index (χ2n) is 5.50. The van der Waals surface area contributed by atoms with Gasteiger partial charge in [-0.15, -0.1) is 0 Å². The lowest BCUT2D eigenvalue weighted by atomic mass is 10.0. The maximum atomic E-state index is 11.6. The number of hydrogen-bond donors (Lipinski definition) is 1. The largest absolute Gasteiger partial charge is 0.462 e. The Hall–Kier alpha value is -1.55. The third kappa shape index (κ3) is 3.47. The fourth-order valence-electron chi connectivity index (χ4n) is 2.38. The molecule has 1 fully saturated rings. The van der Waals surface area contributed by atoms with Crippen LogP contribution in [0.1, 0.15) is 31.1 Å². The van der Waals surface area contributed by atoms with Crippen LogP contribution in [0.4, 0.5) is 5.69 Å². The highest BCUT2D eigenvalue weighted by molar-refractivity contribution is 5.89. The van der Waals surface area contributed by atoms with E-state index in [0.717, 1.165) is 25.3 Å². The van der Waals surface area contributed by atoms with E-state index in [2.05, 4.69) is 24.1 Å². The van der Waals surface area contributed by atoms with Crippen LogP contribution in [0.2, 0.25) is 0 Å². The van der Waals surface area contributed by atoms with E-state index < -0.39 is 0 Å². The number of piperazine rings is 1. The van der Waals surface area contributed by atoms with E-state index in [1.54, 1.807) is 0 Å². The fourth-order valence-corrected chi connectivity index (χ4v) is 2.38. The Kier molecular flexibility index (Phi) is 4.10. The smallest absolute Gasteiger partial charge is 0.338 e. The van der Waals surface area contributed by atoms with Gasteiger partial charge in [0.05, 0.1) is 12.2 Å². The van der Waals surface area contributed by atoms with Crippen molar-refractivity contribution in [3.8, 4) is 0 Å². The van der Waals surface area contributed by atoms with Crippen LogP contribution >= 0.6 is 0 Å². The Morgan fingerprint density at radius 2 is 2.05 bits per heavy atom. The van der Waals surface area contributed by atoms with Gasteiger partial charge in [0.2, 0.25) is 0 Å². The van der Waals surface area contributed by atoms with Gasteiger partial charge in [-0.3, -0.25) is 0 Å². The van der Waals surface area contributed by atoms with Gasteiger partial charge >= 0.3 is 5.97 Å². The van der Waals surface area contributed by atoms with E-state index in [4.69, 9.17) is 4.74 Å². The first-order valence-corrected chi connectivity index (χ1v) is 6.79. The molecular weight excluding hydrogens is 240 g/mol. The van der Waals surface area contributed by atoms with Crippen molar-refractivity contribution in [3.63, 3.8) is 0 Å². The molecule has 4 nitrogen and oxygen atoms in total. The summed E-state index contributed by atoms with van der Waals surface area (Å²) in [7, 11) is 0. The molecule has 0 aromatic heterocycles. The summed E-state index contributed by atoms with van der Waals surface area (Å²) in [5.74, 6) is -0.255. The number of ether oxygens (including phenoxy) is 1. The number of esters is 1. The van der Waals surface area contributed by atoms with Gasteiger partial charge in [-0.05, 0) is 45.0 Å². The van der Waals surface area contributed by atoms with Crippen LogP contribution in [-0.2, 0) is 4.74 Å². The first kappa shape index (κ1) is 13.9. The van der Waals surface area contributed by atoms with E-state index in [9.17, 15) is 4.79 Å². The highest BCUT2D eigenvalue weighted by Crippen LogP contribution is 2.20. The van der Waals surface area contributed by atoms with Gasteiger partial charge in [-0.1, -0.05) is 0 Å². The molecule has 0 atom stereocenters. The zero-order valence-corrected chi connectivity index (χ0v) is 11.9. The second-order valence-corrected chi connectivity index (χ2v) is 5.50. The SMILES string of the molecule is CCOC(=O)c1ccc(N2CCNC(C)(C)C2)cc1. The lowest BCUT2D eigenvalue weighted by Gasteiger charge is -2.40. The maximum Gasteiger partial charge on any atom is 0.338 e. The Labute approximate surface area is 114 Å². The second kappa shape index (κ2) is 5.61. The first-order valence-electron chi connectivity index (χ1n) is 6.79. The van der Waals surface area contributed by atoms with Crippen molar-refractivity contribution >= 4 is 11.7 Å². The Morgan fingerprint density at radius 3 is 2.63 bits per heavy atom. The molecule has 0 spiro atoms.